The number of hydrogen-bond acceptors (Lipinski definition) is 7. The molecule has 0 amide bonds. The first-order valence-electron chi connectivity index (χ1n) is 10.5. The van der Waals surface area contributed by atoms with Crippen LogP contribution in [0.4, 0.5) is 13.2 Å². The van der Waals surface area contributed by atoms with Crippen LogP contribution in [0, 0.1) is 0 Å². The van der Waals surface area contributed by atoms with Crippen LogP contribution in [0.25, 0.3) is 0 Å². The third kappa shape index (κ3) is 7.69. The van der Waals surface area contributed by atoms with Gasteiger partial charge in [-0.1, -0.05) is 35.5 Å². The molecule has 0 bridgehead atoms. The number of thioether (sulfide) groups is 1. The number of carbonyl (C=O) groups is 1. The number of rotatable bonds is 10. The summed E-state index contributed by atoms with van der Waals surface area (Å²) in [6, 6.07) is 5.85. The van der Waals surface area contributed by atoms with Crippen molar-refractivity contribution in [1.29, 1.82) is 0 Å². The Kier molecular flexibility index (Phi) is 8.19. The molecular weight excluding hydrogens is 487 g/mol. The van der Waals surface area contributed by atoms with Crippen LogP contribution in [0.15, 0.2) is 57.5 Å². The van der Waals surface area contributed by atoms with Crippen molar-refractivity contribution in [2.75, 3.05) is 13.1 Å². The summed E-state index contributed by atoms with van der Waals surface area (Å²) >= 11 is 2.63. The molecule has 0 saturated heterocycles. The lowest BCUT2D eigenvalue weighted by Gasteiger charge is -2.30. The van der Waals surface area contributed by atoms with Gasteiger partial charge < -0.3 is 20.1 Å². The monoisotopic (exact) mass is 513 g/mol. The molecule has 34 heavy (non-hydrogen) atoms. The number of carboxylic acids is 1. The van der Waals surface area contributed by atoms with Crippen LogP contribution in [0.3, 0.4) is 0 Å². The number of alkyl halides is 3. The normalized spacial score (nSPS) is 14.2. The topological polar surface area (TPSA) is 74.7 Å². The van der Waals surface area contributed by atoms with E-state index in [2.05, 4.69) is 19.9 Å². The average molecular weight is 514 g/mol. The first-order valence-corrected chi connectivity index (χ1v) is 12.2. The van der Waals surface area contributed by atoms with Crippen molar-refractivity contribution in [3.8, 4) is 5.75 Å². The number of nitrogens with one attached hydrogen (secondary N) is 1. The molecule has 0 atom stereocenters. The summed E-state index contributed by atoms with van der Waals surface area (Å²) in [6.07, 6.45) is -0.0805. The Labute approximate surface area is 204 Å². The fourth-order valence-electron chi connectivity index (χ4n) is 3.05. The summed E-state index contributed by atoms with van der Waals surface area (Å²) in [5.74, 6) is -0.239. The van der Waals surface area contributed by atoms with Crippen molar-refractivity contribution in [1.82, 2.24) is 15.2 Å². The molecule has 2 heterocycles. The Morgan fingerprint density at radius 2 is 1.97 bits per heavy atom. The second kappa shape index (κ2) is 10.7. The summed E-state index contributed by atoms with van der Waals surface area (Å²) in [4.78, 5) is 18.1. The molecule has 6 nitrogen and oxygen atoms in total. The number of halogens is 3. The molecule has 0 unspecified atom stereocenters. The lowest BCUT2D eigenvalue weighted by molar-refractivity contribution is -0.274. The smallest absolute Gasteiger partial charge is 0.480 e. The highest BCUT2D eigenvalue weighted by Crippen LogP contribution is 2.34. The van der Waals surface area contributed by atoms with Gasteiger partial charge in [0.05, 0.1) is 5.69 Å². The highest BCUT2D eigenvalue weighted by Gasteiger charge is 2.31. The standard InChI is InChI=1S/C23H26F3N3O3S2/c1-15-4-9-19(27-12-15)29(13-16-5-7-18(8-6-16)32-23(24,25)26)11-10-17-14-33-21(28-17)34-22(2,3)20(30)31/h4-9,14,27H,10-13H2,1-3H3,(H,30,31). The van der Waals surface area contributed by atoms with Crippen molar-refractivity contribution in [2.24, 2.45) is 0 Å². The average Bonchev–Trinajstić information content (AvgIpc) is 3.18. The summed E-state index contributed by atoms with van der Waals surface area (Å²) in [5, 5.41) is 14.6. The fourth-order valence-corrected chi connectivity index (χ4v) is 5.28. The largest absolute Gasteiger partial charge is 0.573 e. The van der Waals surface area contributed by atoms with E-state index in [0.717, 1.165) is 17.1 Å². The van der Waals surface area contributed by atoms with Crippen LogP contribution in [0.2, 0.25) is 0 Å². The number of aromatic nitrogens is 1. The zero-order chi connectivity index (χ0) is 24.9. The van der Waals surface area contributed by atoms with Crippen LogP contribution < -0.4 is 10.1 Å². The van der Waals surface area contributed by atoms with Crippen LogP contribution >= 0.6 is 23.1 Å². The van der Waals surface area contributed by atoms with Gasteiger partial charge >= 0.3 is 12.3 Å². The van der Waals surface area contributed by atoms with Gasteiger partial charge in [-0.3, -0.25) is 4.79 Å². The number of benzene rings is 1. The summed E-state index contributed by atoms with van der Waals surface area (Å²) < 4.78 is 41.0. The van der Waals surface area contributed by atoms with Crippen LogP contribution in [-0.4, -0.2) is 45.2 Å². The quantitative estimate of drug-likeness (QED) is 0.410. The molecule has 1 aromatic heterocycles. The Morgan fingerprint density at radius 1 is 1.26 bits per heavy atom. The summed E-state index contributed by atoms with van der Waals surface area (Å²) in [7, 11) is 0. The number of dihydropyridines is 1. The molecular formula is C23H26F3N3O3S2. The van der Waals surface area contributed by atoms with Gasteiger partial charge in [0.1, 0.15) is 16.3 Å². The molecule has 0 aliphatic carbocycles. The lowest BCUT2D eigenvalue weighted by Crippen LogP contribution is -2.35. The van der Waals surface area contributed by atoms with Crippen molar-refractivity contribution in [2.45, 2.75) is 49.2 Å². The molecule has 3 rings (SSSR count). The van der Waals surface area contributed by atoms with E-state index in [4.69, 9.17) is 0 Å². The molecule has 1 aliphatic heterocycles. The molecule has 2 aromatic rings. The van der Waals surface area contributed by atoms with Gasteiger partial charge in [0, 0.05) is 31.4 Å². The zero-order valence-electron chi connectivity index (χ0n) is 19.0. The number of carboxylic acid groups (broad SMARTS) is 1. The molecule has 2 N–H and O–H groups in total. The number of aliphatic carboxylic acids is 1. The molecule has 0 spiro atoms. The van der Waals surface area contributed by atoms with Gasteiger partial charge in [-0.05, 0) is 44.5 Å². The summed E-state index contributed by atoms with van der Waals surface area (Å²) in [6.45, 7) is 7.12. The predicted molar refractivity (Wildman–Crippen MR) is 127 cm³/mol. The van der Waals surface area contributed by atoms with Gasteiger partial charge in [-0.15, -0.1) is 24.5 Å². The fraction of sp³-hybridized carbons (Fsp3) is 0.391. The maximum Gasteiger partial charge on any atom is 0.573 e. The van der Waals surface area contributed by atoms with E-state index in [-0.39, 0.29) is 5.75 Å². The molecule has 0 saturated carbocycles. The van der Waals surface area contributed by atoms with E-state index in [1.807, 2.05) is 24.5 Å². The van der Waals surface area contributed by atoms with Crippen LogP contribution in [-0.2, 0) is 17.8 Å². The molecule has 0 radical (unpaired) electrons. The van der Waals surface area contributed by atoms with Gasteiger partial charge in [0.2, 0.25) is 0 Å². The van der Waals surface area contributed by atoms with Crippen molar-refractivity contribution < 1.29 is 27.8 Å². The van der Waals surface area contributed by atoms with Crippen molar-refractivity contribution >= 4 is 29.1 Å². The second-order valence-electron chi connectivity index (χ2n) is 8.30. The maximum atomic E-state index is 12.4. The number of hydrogen-bond donors (Lipinski definition) is 2. The highest BCUT2D eigenvalue weighted by atomic mass is 32.2. The third-order valence-corrected chi connectivity index (χ3v) is 7.14. The van der Waals surface area contributed by atoms with Gasteiger partial charge in [0.15, 0.2) is 4.34 Å². The maximum absolute atomic E-state index is 12.4. The highest BCUT2D eigenvalue weighted by molar-refractivity contribution is 8.02. The van der Waals surface area contributed by atoms with E-state index in [0.29, 0.717) is 30.4 Å². The Balaban J connectivity index is 1.69. The molecule has 0 fully saturated rings. The number of thiazole rings is 1. The van der Waals surface area contributed by atoms with E-state index < -0.39 is 17.1 Å². The van der Waals surface area contributed by atoms with Gasteiger partial charge in [0.25, 0.3) is 0 Å². The van der Waals surface area contributed by atoms with Crippen LogP contribution in [0.5, 0.6) is 5.75 Å². The summed E-state index contributed by atoms with van der Waals surface area (Å²) in [5.41, 5.74) is 2.89. The minimum absolute atomic E-state index is 0.256. The molecule has 1 aromatic carbocycles. The first-order chi connectivity index (χ1) is 15.9. The molecule has 1 aliphatic rings. The minimum atomic E-state index is -4.72. The zero-order valence-corrected chi connectivity index (χ0v) is 20.6. The minimum Gasteiger partial charge on any atom is -0.480 e. The van der Waals surface area contributed by atoms with Crippen molar-refractivity contribution in [3.05, 3.63) is 64.4 Å². The van der Waals surface area contributed by atoms with Crippen LogP contribution in [0.1, 0.15) is 32.0 Å². The predicted octanol–water partition coefficient (Wildman–Crippen LogP) is 5.43. The first kappa shape index (κ1) is 26.0. The third-order valence-electron chi connectivity index (χ3n) is 4.97. The second-order valence-corrected chi connectivity index (χ2v) is 11.0. The Morgan fingerprint density at radius 3 is 2.56 bits per heavy atom. The molecule has 11 heteroatoms. The van der Waals surface area contributed by atoms with E-state index in [9.17, 15) is 23.1 Å². The SMILES string of the molecule is CC1=CC=C(N(CCc2csc(SC(C)(C)C(=O)O)n2)Cc2ccc(OC(F)(F)F)cc2)NC1. The number of allylic oxidation sites excluding steroid dienone is 2. The number of nitrogens with zero attached hydrogens (tertiary/aromatic N) is 2. The number of ether oxygens (including phenoxy) is 1. The Bertz CT molecular complexity index is 1060. The van der Waals surface area contributed by atoms with Gasteiger partial charge in [-0.25, -0.2) is 4.98 Å². The van der Waals surface area contributed by atoms with E-state index in [1.54, 1.807) is 26.0 Å². The van der Waals surface area contributed by atoms with Crippen molar-refractivity contribution in [3.63, 3.8) is 0 Å². The Hall–Kier alpha value is -2.66. The van der Waals surface area contributed by atoms with E-state index in [1.165, 1.54) is 40.8 Å². The molecule has 184 valence electrons. The lowest BCUT2D eigenvalue weighted by atomic mass is 10.1. The van der Waals surface area contributed by atoms with E-state index >= 15 is 0 Å². The van der Waals surface area contributed by atoms with Gasteiger partial charge in [-0.2, -0.15) is 0 Å².